The predicted molar refractivity (Wildman–Crippen MR) is 100 cm³/mol. The Hall–Kier alpha value is -2.63. The van der Waals surface area contributed by atoms with Crippen molar-refractivity contribution < 1.29 is 9.53 Å². The van der Waals surface area contributed by atoms with Crippen molar-refractivity contribution in [1.29, 1.82) is 0 Å². The van der Waals surface area contributed by atoms with E-state index in [9.17, 15) is 9.59 Å². The Kier molecular flexibility index (Phi) is 5.11. The summed E-state index contributed by atoms with van der Waals surface area (Å²) < 4.78 is 6.99. The van der Waals surface area contributed by atoms with Crippen molar-refractivity contribution in [2.24, 2.45) is 0 Å². The highest BCUT2D eigenvalue weighted by Gasteiger charge is 2.28. The van der Waals surface area contributed by atoms with Crippen LogP contribution in [-0.2, 0) is 4.74 Å². The minimum Gasteiger partial charge on any atom is -0.444 e. The van der Waals surface area contributed by atoms with Crippen LogP contribution in [0.5, 0.6) is 0 Å². The molecule has 0 unspecified atom stereocenters. The molecule has 1 aromatic heterocycles. The fourth-order valence-corrected chi connectivity index (χ4v) is 3.07. The Morgan fingerprint density at radius 1 is 1.08 bits per heavy atom. The number of ether oxygens (including phenoxy) is 1. The SMILES string of the molecule is CC(C)(C)OC(=O)N1CCC(n2nc(-c3ccccc3)ccc2=O)CC1. The minimum atomic E-state index is -0.504. The van der Waals surface area contributed by atoms with E-state index < -0.39 is 5.60 Å². The zero-order valence-electron chi connectivity index (χ0n) is 15.5. The molecule has 0 spiro atoms. The first-order valence-electron chi connectivity index (χ1n) is 8.97. The third-order valence-electron chi connectivity index (χ3n) is 4.36. The third-order valence-corrected chi connectivity index (χ3v) is 4.36. The third kappa shape index (κ3) is 4.31. The largest absolute Gasteiger partial charge is 0.444 e. The molecule has 1 aliphatic heterocycles. The van der Waals surface area contributed by atoms with Crippen LogP contribution in [0.1, 0.15) is 39.7 Å². The van der Waals surface area contributed by atoms with Crippen molar-refractivity contribution in [3.63, 3.8) is 0 Å². The number of aromatic nitrogens is 2. The maximum absolute atomic E-state index is 12.3. The Labute approximate surface area is 153 Å². The molecule has 6 nitrogen and oxygen atoms in total. The van der Waals surface area contributed by atoms with Gasteiger partial charge in [0.15, 0.2) is 0 Å². The van der Waals surface area contributed by atoms with Gasteiger partial charge in [0.25, 0.3) is 5.56 Å². The van der Waals surface area contributed by atoms with E-state index in [1.165, 1.54) is 0 Å². The van der Waals surface area contributed by atoms with Crippen LogP contribution in [0, 0.1) is 0 Å². The quantitative estimate of drug-likeness (QED) is 0.827. The molecule has 1 aliphatic rings. The average Bonchev–Trinajstić information content (AvgIpc) is 2.62. The van der Waals surface area contributed by atoms with Gasteiger partial charge < -0.3 is 9.64 Å². The molecule has 2 heterocycles. The summed E-state index contributed by atoms with van der Waals surface area (Å²) in [5.41, 5.74) is 1.14. The van der Waals surface area contributed by atoms with Gasteiger partial charge in [-0.05, 0) is 39.7 Å². The van der Waals surface area contributed by atoms with Crippen LogP contribution >= 0.6 is 0 Å². The van der Waals surface area contributed by atoms with Crippen molar-refractivity contribution >= 4 is 6.09 Å². The second-order valence-corrected chi connectivity index (χ2v) is 7.57. The molecule has 2 aromatic rings. The molecule has 3 rings (SSSR count). The molecular formula is C20H25N3O3. The summed E-state index contributed by atoms with van der Waals surface area (Å²) in [5, 5.41) is 4.56. The van der Waals surface area contributed by atoms with Crippen LogP contribution in [0.25, 0.3) is 11.3 Å². The van der Waals surface area contributed by atoms with Gasteiger partial charge in [-0.15, -0.1) is 0 Å². The van der Waals surface area contributed by atoms with E-state index in [1.807, 2.05) is 51.1 Å². The fourth-order valence-electron chi connectivity index (χ4n) is 3.07. The maximum atomic E-state index is 12.3. The van der Waals surface area contributed by atoms with Crippen molar-refractivity contribution in [2.75, 3.05) is 13.1 Å². The van der Waals surface area contributed by atoms with Crippen molar-refractivity contribution in [1.82, 2.24) is 14.7 Å². The smallest absolute Gasteiger partial charge is 0.410 e. The Balaban J connectivity index is 1.72. The number of hydrogen-bond donors (Lipinski definition) is 0. The van der Waals surface area contributed by atoms with Gasteiger partial charge in [0.2, 0.25) is 0 Å². The number of nitrogens with zero attached hydrogens (tertiary/aromatic N) is 3. The highest BCUT2D eigenvalue weighted by Crippen LogP contribution is 2.23. The van der Waals surface area contributed by atoms with E-state index in [0.717, 1.165) is 11.3 Å². The van der Waals surface area contributed by atoms with Gasteiger partial charge in [0.05, 0.1) is 11.7 Å². The van der Waals surface area contributed by atoms with Gasteiger partial charge in [-0.25, -0.2) is 9.48 Å². The van der Waals surface area contributed by atoms with E-state index in [1.54, 1.807) is 21.7 Å². The van der Waals surface area contributed by atoms with E-state index >= 15 is 0 Å². The van der Waals surface area contributed by atoms with Crippen LogP contribution < -0.4 is 5.56 Å². The predicted octanol–water partition coefficient (Wildman–Crippen LogP) is 3.48. The molecule has 138 valence electrons. The summed E-state index contributed by atoms with van der Waals surface area (Å²) >= 11 is 0. The van der Waals surface area contributed by atoms with Crippen LogP contribution in [0.15, 0.2) is 47.3 Å². The molecule has 26 heavy (non-hydrogen) atoms. The van der Waals surface area contributed by atoms with Gasteiger partial charge in [0, 0.05) is 24.7 Å². The van der Waals surface area contributed by atoms with Gasteiger partial charge in [-0.3, -0.25) is 4.79 Å². The molecule has 0 saturated carbocycles. The lowest BCUT2D eigenvalue weighted by atomic mass is 10.1. The first-order chi connectivity index (χ1) is 12.3. The van der Waals surface area contributed by atoms with Gasteiger partial charge in [0.1, 0.15) is 5.60 Å². The van der Waals surface area contributed by atoms with Crippen LogP contribution in [0.2, 0.25) is 0 Å². The van der Waals surface area contributed by atoms with Crippen LogP contribution in [0.4, 0.5) is 4.79 Å². The van der Waals surface area contributed by atoms with Gasteiger partial charge >= 0.3 is 6.09 Å². The monoisotopic (exact) mass is 355 g/mol. The first-order valence-corrected chi connectivity index (χ1v) is 8.97. The Bertz CT molecular complexity index is 816. The summed E-state index contributed by atoms with van der Waals surface area (Å²) in [7, 11) is 0. The molecule has 1 saturated heterocycles. The Morgan fingerprint density at radius 3 is 2.35 bits per heavy atom. The van der Waals surface area contributed by atoms with E-state index in [0.29, 0.717) is 25.9 Å². The summed E-state index contributed by atoms with van der Waals surface area (Å²) in [6.45, 7) is 6.69. The normalized spacial score (nSPS) is 15.7. The summed E-state index contributed by atoms with van der Waals surface area (Å²) in [6, 6.07) is 13.1. The molecule has 1 fully saturated rings. The van der Waals surface area contributed by atoms with Crippen molar-refractivity contribution in [3.05, 3.63) is 52.8 Å². The number of likely N-dealkylation sites (tertiary alicyclic amines) is 1. The van der Waals surface area contributed by atoms with Gasteiger partial charge in [-0.2, -0.15) is 5.10 Å². The molecule has 0 aliphatic carbocycles. The van der Waals surface area contributed by atoms with Crippen molar-refractivity contribution in [2.45, 2.75) is 45.3 Å². The molecule has 0 radical (unpaired) electrons. The lowest BCUT2D eigenvalue weighted by Gasteiger charge is -2.33. The zero-order valence-corrected chi connectivity index (χ0v) is 15.5. The molecule has 0 bridgehead atoms. The van der Waals surface area contributed by atoms with Crippen LogP contribution in [-0.4, -0.2) is 39.5 Å². The summed E-state index contributed by atoms with van der Waals surface area (Å²) in [5.74, 6) is 0. The second kappa shape index (κ2) is 7.32. The zero-order chi connectivity index (χ0) is 18.7. The number of amides is 1. The molecule has 1 aromatic carbocycles. The van der Waals surface area contributed by atoms with Crippen molar-refractivity contribution in [3.8, 4) is 11.3 Å². The number of carbonyl (C=O) groups is 1. The number of rotatable bonds is 2. The van der Waals surface area contributed by atoms with E-state index in [2.05, 4.69) is 5.10 Å². The fraction of sp³-hybridized carbons (Fsp3) is 0.450. The van der Waals surface area contributed by atoms with E-state index in [-0.39, 0.29) is 17.7 Å². The second-order valence-electron chi connectivity index (χ2n) is 7.57. The highest BCUT2D eigenvalue weighted by molar-refractivity contribution is 5.68. The topological polar surface area (TPSA) is 64.4 Å². The number of hydrogen-bond acceptors (Lipinski definition) is 4. The maximum Gasteiger partial charge on any atom is 0.410 e. The Morgan fingerprint density at radius 2 is 1.73 bits per heavy atom. The van der Waals surface area contributed by atoms with E-state index in [4.69, 9.17) is 4.74 Å². The average molecular weight is 355 g/mol. The number of piperidine rings is 1. The lowest BCUT2D eigenvalue weighted by molar-refractivity contribution is 0.0183. The summed E-state index contributed by atoms with van der Waals surface area (Å²) in [6.07, 6.45) is 1.07. The first kappa shape index (κ1) is 18.2. The molecule has 0 atom stereocenters. The number of carbonyl (C=O) groups excluding carboxylic acids is 1. The molecule has 6 heteroatoms. The van der Waals surface area contributed by atoms with Gasteiger partial charge in [-0.1, -0.05) is 30.3 Å². The van der Waals surface area contributed by atoms with Crippen LogP contribution in [0.3, 0.4) is 0 Å². The summed E-state index contributed by atoms with van der Waals surface area (Å²) in [4.78, 5) is 26.2. The minimum absolute atomic E-state index is 0.00940. The number of benzene rings is 1. The standard InChI is InChI=1S/C20H25N3O3/c1-20(2,3)26-19(25)22-13-11-16(12-14-22)23-18(24)10-9-17(21-23)15-7-5-4-6-8-15/h4-10,16H,11-14H2,1-3H3. The molecule has 0 N–H and O–H groups in total. The molecule has 1 amide bonds. The molecular weight excluding hydrogens is 330 g/mol. The highest BCUT2D eigenvalue weighted by atomic mass is 16.6. The lowest BCUT2D eigenvalue weighted by Crippen LogP contribution is -2.43.